The van der Waals surface area contributed by atoms with Gasteiger partial charge in [0, 0.05) is 26.2 Å². The number of benzene rings is 1. The summed E-state index contributed by atoms with van der Waals surface area (Å²) in [5.41, 5.74) is 1.20. The highest BCUT2D eigenvalue weighted by molar-refractivity contribution is 9.10. The number of nitrogens with one attached hydrogen (secondary N) is 1. The van der Waals surface area contributed by atoms with Crippen LogP contribution in [0.4, 0.5) is 4.39 Å². The quantitative estimate of drug-likeness (QED) is 0.937. The Bertz CT molecular complexity index is 597. The maximum atomic E-state index is 13.3. The van der Waals surface area contributed by atoms with E-state index in [0.29, 0.717) is 18.5 Å². The Morgan fingerprint density at radius 1 is 1.47 bits per heavy atom. The summed E-state index contributed by atoms with van der Waals surface area (Å²) < 4.78 is 15.2. The predicted octanol–water partition coefficient (Wildman–Crippen LogP) is 2.29. The number of carbonyl (C=O) groups is 1. The fourth-order valence-electron chi connectivity index (χ4n) is 1.67. The standard InChI is InChI=1S/C13H13BrFN3O/c1-18-8-6-9(17-18)5-7-16-13(19)10-3-2-4-11(15)12(10)14/h2-4,6,8H,5,7H2,1H3,(H,16,19). The van der Waals surface area contributed by atoms with Crippen LogP contribution in [0.1, 0.15) is 16.1 Å². The van der Waals surface area contributed by atoms with Crippen molar-refractivity contribution in [2.45, 2.75) is 6.42 Å². The Hall–Kier alpha value is -1.69. The SMILES string of the molecule is Cn1ccc(CCNC(=O)c2cccc(F)c2Br)n1. The van der Waals surface area contributed by atoms with Crippen molar-refractivity contribution in [3.8, 4) is 0 Å². The third-order valence-electron chi connectivity index (χ3n) is 2.63. The first-order valence-electron chi connectivity index (χ1n) is 5.78. The summed E-state index contributed by atoms with van der Waals surface area (Å²) in [7, 11) is 1.84. The summed E-state index contributed by atoms with van der Waals surface area (Å²) >= 11 is 3.07. The molecular weight excluding hydrogens is 313 g/mol. The summed E-state index contributed by atoms with van der Waals surface area (Å²) in [5.74, 6) is -0.750. The number of carbonyl (C=O) groups excluding carboxylic acids is 1. The molecule has 2 rings (SSSR count). The lowest BCUT2D eigenvalue weighted by molar-refractivity contribution is 0.0952. The zero-order valence-corrected chi connectivity index (χ0v) is 11.9. The van der Waals surface area contributed by atoms with Crippen molar-refractivity contribution in [1.82, 2.24) is 15.1 Å². The molecule has 0 atom stereocenters. The lowest BCUT2D eigenvalue weighted by Gasteiger charge is -2.06. The molecule has 1 N–H and O–H groups in total. The van der Waals surface area contributed by atoms with Gasteiger partial charge in [0.2, 0.25) is 0 Å². The Labute approximate surface area is 118 Å². The van der Waals surface area contributed by atoms with Gasteiger partial charge in [-0.1, -0.05) is 6.07 Å². The number of rotatable bonds is 4. The predicted molar refractivity (Wildman–Crippen MR) is 73.3 cm³/mol. The van der Waals surface area contributed by atoms with Crippen molar-refractivity contribution in [1.29, 1.82) is 0 Å². The molecule has 0 aliphatic carbocycles. The van der Waals surface area contributed by atoms with Crippen LogP contribution in [-0.2, 0) is 13.5 Å². The van der Waals surface area contributed by atoms with Crippen LogP contribution in [0.25, 0.3) is 0 Å². The zero-order chi connectivity index (χ0) is 13.8. The van der Waals surface area contributed by atoms with Crippen LogP contribution in [0.2, 0.25) is 0 Å². The highest BCUT2D eigenvalue weighted by Gasteiger charge is 2.12. The van der Waals surface area contributed by atoms with Gasteiger partial charge >= 0.3 is 0 Å². The van der Waals surface area contributed by atoms with Crippen LogP contribution in [-0.4, -0.2) is 22.2 Å². The molecule has 0 fully saturated rings. The molecule has 6 heteroatoms. The van der Waals surface area contributed by atoms with E-state index in [2.05, 4.69) is 26.3 Å². The first-order chi connectivity index (χ1) is 9.08. The van der Waals surface area contributed by atoms with Crippen molar-refractivity contribution in [2.24, 2.45) is 7.05 Å². The molecule has 0 bridgehead atoms. The van der Waals surface area contributed by atoms with Crippen molar-refractivity contribution >= 4 is 21.8 Å². The van der Waals surface area contributed by atoms with Crippen molar-refractivity contribution in [2.75, 3.05) is 6.54 Å². The summed E-state index contributed by atoms with van der Waals surface area (Å²) in [6, 6.07) is 6.27. The maximum Gasteiger partial charge on any atom is 0.252 e. The normalized spacial score (nSPS) is 10.5. The number of aromatic nitrogens is 2. The highest BCUT2D eigenvalue weighted by atomic mass is 79.9. The third-order valence-corrected chi connectivity index (χ3v) is 3.44. The largest absolute Gasteiger partial charge is 0.352 e. The molecule has 1 aromatic heterocycles. The van der Waals surface area contributed by atoms with Crippen molar-refractivity contribution < 1.29 is 9.18 Å². The van der Waals surface area contributed by atoms with E-state index in [1.165, 1.54) is 12.1 Å². The minimum Gasteiger partial charge on any atom is -0.352 e. The van der Waals surface area contributed by atoms with Gasteiger partial charge in [0.25, 0.3) is 5.91 Å². The first-order valence-corrected chi connectivity index (χ1v) is 6.58. The average Bonchev–Trinajstić information content (AvgIpc) is 2.78. The molecule has 0 radical (unpaired) electrons. The van der Waals surface area contributed by atoms with E-state index < -0.39 is 5.82 Å². The smallest absolute Gasteiger partial charge is 0.252 e. The van der Waals surface area contributed by atoms with Gasteiger partial charge in [-0.15, -0.1) is 0 Å². The molecule has 19 heavy (non-hydrogen) atoms. The van der Waals surface area contributed by atoms with Crippen molar-refractivity contribution in [3.05, 3.63) is 52.0 Å². The van der Waals surface area contributed by atoms with Crippen LogP contribution < -0.4 is 5.32 Å². The van der Waals surface area contributed by atoms with Gasteiger partial charge < -0.3 is 5.32 Å². The minimum atomic E-state index is -0.447. The molecule has 1 heterocycles. The second-order valence-electron chi connectivity index (χ2n) is 4.09. The second kappa shape index (κ2) is 5.97. The molecule has 1 amide bonds. The average molecular weight is 326 g/mol. The number of nitrogens with zero attached hydrogens (tertiary/aromatic N) is 2. The molecule has 0 aliphatic rings. The van der Waals surface area contributed by atoms with Crippen LogP contribution in [0.15, 0.2) is 34.9 Å². The molecule has 0 aliphatic heterocycles. The number of hydrogen-bond donors (Lipinski definition) is 1. The summed E-state index contributed by atoms with van der Waals surface area (Å²) in [6.45, 7) is 0.457. The van der Waals surface area contributed by atoms with Gasteiger partial charge in [-0.3, -0.25) is 9.48 Å². The van der Waals surface area contributed by atoms with Gasteiger partial charge in [-0.25, -0.2) is 4.39 Å². The zero-order valence-electron chi connectivity index (χ0n) is 10.4. The van der Waals surface area contributed by atoms with Crippen LogP contribution >= 0.6 is 15.9 Å². The van der Waals surface area contributed by atoms with E-state index in [0.717, 1.165) is 5.69 Å². The Morgan fingerprint density at radius 2 is 2.26 bits per heavy atom. The summed E-state index contributed by atoms with van der Waals surface area (Å²) in [5, 5.41) is 6.95. The molecule has 1 aromatic carbocycles. The topological polar surface area (TPSA) is 46.9 Å². The first kappa shape index (κ1) is 13.7. The number of amides is 1. The molecule has 0 unspecified atom stereocenters. The minimum absolute atomic E-state index is 0.185. The fraction of sp³-hybridized carbons (Fsp3) is 0.231. The van der Waals surface area contributed by atoms with Gasteiger partial charge in [0.1, 0.15) is 5.82 Å². The Morgan fingerprint density at radius 3 is 2.95 bits per heavy atom. The maximum absolute atomic E-state index is 13.3. The fourth-order valence-corrected chi connectivity index (χ4v) is 2.12. The van der Waals surface area contributed by atoms with Gasteiger partial charge in [0.15, 0.2) is 0 Å². The molecule has 0 saturated carbocycles. The summed E-state index contributed by atoms with van der Waals surface area (Å²) in [4.78, 5) is 11.9. The molecule has 2 aromatic rings. The van der Waals surface area contributed by atoms with Crippen LogP contribution in [0.5, 0.6) is 0 Å². The summed E-state index contributed by atoms with van der Waals surface area (Å²) in [6.07, 6.45) is 2.49. The lowest BCUT2D eigenvalue weighted by atomic mass is 10.2. The van der Waals surface area contributed by atoms with Gasteiger partial charge in [-0.05, 0) is 34.1 Å². The third kappa shape index (κ3) is 3.41. The number of halogens is 2. The van der Waals surface area contributed by atoms with E-state index in [1.54, 1.807) is 10.7 Å². The van der Waals surface area contributed by atoms with E-state index in [4.69, 9.17) is 0 Å². The molecule has 0 saturated heterocycles. The number of hydrogen-bond acceptors (Lipinski definition) is 2. The Kier molecular flexibility index (Phi) is 4.31. The van der Waals surface area contributed by atoms with Crippen molar-refractivity contribution in [3.63, 3.8) is 0 Å². The second-order valence-corrected chi connectivity index (χ2v) is 4.88. The molecule has 4 nitrogen and oxygen atoms in total. The van der Waals surface area contributed by atoms with Crippen LogP contribution in [0, 0.1) is 5.82 Å². The number of aryl methyl sites for hydroxylation is 1. The van der Waals surface area contributed by atoms with E-state index >= 15 is 0 Å². The molecule has 0 spiro atoms. The van der Waals surface area contributed by atoms with Gasteiger partial charge in [-0.2, -0.15) is 5.10 Å². The molecular formula is C13H13BrFN3O. The van der Waals surface area contributed by atoms with Crippen LogP contribution in [0.3, 0.4) is 0 Å². The van der Waals surface area contributed by atoms with E-state index in [1.807, 2.05) is 19.3 Å². The molecule has 100 valence electrons. The highest BCUT2D eigenvalue weighted by Crippen LogP contribution is 2.20. The lowest BCUT2D eigenvalue weighted by Crippen LogP contribution is -2.26. The van der Waals surface area contributed by atoms with E-state index in [-0.39, 0.29) is 10.4 Å². The monoisotopic (exact) mass is 325 g/mol. The van der Waals surface area contributed by atoms with E-state index in [9.17, 15) is 9.18 Å². The van der Waals surface area contributed by atoms with Gasteiger partial charge in [0.05, 0.1) is 15.7 Å². The Balaban J connectivity index is 1.93.